The molecule has 0 unspecified atom stereocenters. The second kappa shape index (κ2) is 5.77. The number of hydrogen-bond donors (Lipinski definition) is 1. The molecule has 1 amide bonds. The first-order valence-corrected chi connectivity index (χ1v) is 6.43. The molecule has 2 heterocycles. The second-order valence-electron chi connectivity index (χ2n) is 4.61. The van der Waals surface area contributed by atoms with Crippen LogP contribution in [0.5, 0.6) is 5.88 Å². The Bertz CT molecular complexity index is 464. The summed E-state index contributed by atoms with van der Waals surface area (Å²) in [7, 11) is 1.56. The Hall–Kier alpha value is -1.98. The minimum absolute atomic E-state index is 0.129. The lowest BCUT2D eigenvalue weighted by Gasteiger charge is -2.22. The molecule has 1 aromatic heterocycles. The van der Waals surface area contributed by atoms with Crippen molar-refractivity contribution in [2.45, 2.75) is 13.3 Å². The molecule has 1 aliphatic heterocycles. The Kier molecular flexibility index (Phi) is 4.09. The van der Waals surface area contributed by atoms with Gasteiger partial charge in [0.1, 0.15) is 5.82 Å². The third kappa shape index (κ3) is 3.07. The van der Waals surface area contributed by atoms with E-state index in [9.17, 15) is 4.79 Å². The number of anilines is 2. The van der Waals surface area contributed by atoms with E-state index in [1.54, 1.807) is 20.1 Å². The van der Waals surface area contributed by atoms with Gasteiger partial charge in [0.25, 0.3) is 0 Å². The van der Waals surface area contributed by atoms with E-state index in [1.807, 2.05) is 11.0 Å². The predicted molar refractivity (Wildman–Crippen MR) is 74.3 cm³/mol. The van der Waals surface area contributed by atoms with Crippen LogP contribution in [0.3, 0.4) is 0 Å². The molecule has 0 aliphatic carbocycles. The van der Waals surface area contributed by atoms with Gasteiger partial charge in [0, 0.05) is 33.1 Å². The normalized spacial score (nSPS) is 16.1. The van der Waals surface area contributed by atoms with E-state index < -0.39 is 0 Å². The van der Waals surface area contributed by atoms with E-state index in [0.29, 0.717) is 11.6 Å². The van der Waals surface area contributed by atoms with E-state index in [1.165, 1.54) is 0 Å². The maximum Gasteiger partial charge on any atom is 0.238 e. The number of carbonyl (C=O) groups is 1. The third-order valence-corrected chi connectivity index (χ3v) is 3.33. The molecule has 0 atom stereocenters. The number of methoxy groups -OCH3 is 1. The van der Waals surface area contributed by atoms with Crippen LogP contribution in [0.25, 0.3) is 0 Å². The van der Waals surface area contributed by atoms with Gasteiger partial charge < -0.3 is 20.3 Å². The van der Waals surface area contributed by atoms with Crippen molar-refractivity contribution in [1.82, 2.24) is 9.88 Å². The Morgan fingerprint density at radius 2 is 2.11 bits per heavy atom. The topological polar surface area (TPSA) is 71.7 Å². The van der Waals surface area contributed by atoms with Crippen molar-refractivity contribution < 1.29 is 9.53 Å². The first kappa shape index (κ1) is 13.5. The molecule has 6 nitrogen and oxygen atoms in total. The predicted octanol–water partition coefficient (Wildman–Crippen LogP) is 0.731. The molecule has 0 saturated carbocycles. The van der Waals surface area contributed by atoms with E-state index >= 15 is 0 Å². The number of aromatic nitrogens is 1. The molecule has 0 aromatic carbocycles. The number of carbonyl (C=O) groups excluding carboxylic acids is 1. The van der Waals surface area contributed by atoms with Gasteiger partial charge >= 0.3 is 0 Å². The van der Waals surface area contributed by atoms with E-state index in [2.05, 4.69) is 9.88 Å². The van der Waals surface area contributed by atoms with Crippen LogP contribution >= 0.6 is 0 Å². The molecular formula is C13H20N4O2. The Balaban J connectivity index is 2.12. The minimum Gasteiger partial charge on any atom is -0.479 e. The molecular weight excluding hydrogens is 244 g/mol. The van der Waals surface area contributed by atoms with E-state index in [4.69, 9.17) is 10.5 Å². The monoisotopic (exact) mass is 264 g/mol. The highest BCUT2D eigenvalue weighted by atomic mass is 16.5. The molecule has 0 bridgehead atoms. The Morgan fingerprint density at radius 3 is 2.79 bits per heavy atom. The average Bonchev–Trinajstić information content (AvgIpc) is 2.65. The van der Waals surface area contributed by atoms with Crippen LogP contribution in [0, 0.1) is 0 Å². The number of nitrogens with zero attached hydrogens (tertiary/aromatic N) is 3. The van der Waals surface area contributed by atoms with Crippen molar-refractivity contribution in [1.29, 1.82) is 0 Å². The van der Waals surface area contributed by atoms with Gasteiger partial charge in [0.15, 0.2) is 0 Å². The van der Waals surface area contributed by atoms with Gasteiger partial charge in [-0.2, -0.15) is 4.98 Å². The molecule has 0 radical (unpaired) electrons. The average molecular weight is 264 g/mol. The number of ether oxygens (including phenoxy) is 1. The SMILES string of the molecule is COc1nc(N2CCCN(C(C)=O)CC2)ccc1N. The van der Waals surface area contributed by atoms with Crippen molar-refractivity contribution in [3.05, 3.63) is 12.1 Å². The zero-order valence-corrected chi connectivity index (χ0v) is 11.4. The van der Waals surface area contributed by atoms with Crippen LogP contribution in [0.2, 0.25) is 0 Å². The van der Waals surface area contributed by atoms with Crippen LogP contribution in [0.15, 0.2) is 12.1 Å². The van der Waals surface area contributed by atoms with Crippen molar-refractivity contribution in [2.24, 2.45) is 0 Å². The van der Waals surface area contributed by atoms with Crippen molar-refractivity contribution in [2.75, 3.05) is 43.9 Å². The van der Waals surface area contributed by atoms with Crippen LogP contribution in [-0.4, -0.2) is 49.1 Å². The highest BCUT2D eigenvalue weighted by Gasteiger charge is 2.18. The van der Waals surface area contributed by atoms with Crippen molar-refractivity contribution in [3.8, 4) is 5.88 Å². The molecule has 0 spiro atoms. The Morgan fingerprint density at radius 1 is 1.32 bits per heavy atom. The van der Waals surface area contributed by atoms with Crippen LogP contribution < -0.4 is 15.4 Å². The fourth-order valence-electron chi connectivity index (χ4n) is 2.24. The second-order valence-corrected chi connectivity index (χ2v) is 4.61. The lowest BCUT2D eigenvalue weighted by atomic mass is 10.3. The smallest absolute Gasteiger partial charge is 0.238 e. The zero-order chi connectivity index (χ0) is 13.8. The number of pyridine rings is 1. The van der Waals surface area contributed by atoms with Crippen molar-refractivity contribution in [3.63, 3.8) is 0 Å². The minimum atomic E-state index is 0.129. The van der Waals surface area contributed by atoms with Crippen LogP contribution in [0.1, 0.15) is 13.3 Å². The van der Waals surface area contributed by atoms with E-state index in [-0.39, 0.29) is 5.91 Å². The summed E-state index contributed by atoms with van der Waals surface area (Å²) in [5, 5.41) is 0. The number of nitrogen functional groups attached to an aromatic ring is 1. The zero-order valence-electron chi connectivity index (χ0n) is 11.4. The fraction of sp³-hybridized carbons (Fsp3) is 0.538. The van der Waals surface area contributed by atoms with E-state index in [0.717, 1.165) is 38.4 Å². The number of hydrogen-bond acceptors (Lipinski definition) is 5. The molecule has 1 saturated heterocycles. The molecule has 2 rings (SSSR count). The summed E-state index contributed by atoms with van der Waals surface area (Å²) < 4.78 is 5.14. The maximum atomic E-state index is 11.4. The maximum absolute atomic E-state index is 11.4. The standard InChI is InChI=1S/C13H20N4O2/c1-10(18)16-6-3-7-17(9-8-16)12-5-4-11(14)13(15-12)19-2/h4-5H,3,6-9,14H2,1-2H3. The summed E-state index contributed by atoms with van der Waals surface area (Å²) in [5.41, 5.74) is 6.30. The summed E-state index contributed by atoms with van der Waals surface area (Å²) in [6.45, 7) is 4.80. The summed E-state index contributed by atoms with van der Waals surface area (Å²) >= 11 is 0. The summed E-state index contributed by atoms with van der Waals surface area (Å²) in [6.07, 6.45) is 0.938. The van der Waals surface area contributed by atoms with Gasteiger partial charge in [-0.25, -0.2) is 0 Å². The molecule has 19 heavy (non-hydrogen) atoms. The van der Waals surface area contributed by atoms with Gasteiger partial charge in [0.2, 0.25) is 11.8 Å². The first-order chi connectivity index (χ1) is 9.11. The van der Waals surface area contributed by atoms with Gasteiger partial charge in [0.05, 0.1) is 12.8 Å². The molecule has 2 N–H and O–H groups in total. The quantitative estimate of drug-likeness (QED) is 0.852. The van der Waals surface area contributed by atoms with Crippen LogP contribution in [0.4, 0.5) is 11.5 Å². The number of amides is 1. The largest absolute Gasteiger partial charge is 0.479 e. The lowest BCUT2D eigenvalue weighted by Crippen LogP contribution is -2.33. The molecule has 1 aliphatic rings. The molecule has 104 valence electrons. The van der Waals surface area contributed by atoms with Crippen molar-refractivity contribution >= 4 is 17.4 Å². The molecule has 1 aromatic rings. The van der Waals surface area contributed by atoms with Gasteiger partial charge in [-0.1, -0.05) is 0 Å². The third-order valence-electron chi connectivity index (χ3n) is 3.33. The van der Waals surface area contributed by atoms with Gasteiger partial charge in [-0.15, -0.1) is 0 Å². The van der Waals surface area contributed by atoms with Gasteiger partial charge in [-0.05, 0) is 18.6 Å². The Labute approximate surface area is 113 Å². The highest BCUT2D eigenvalue weighted by Crippen LogP contribution is 2.23. The molecule has 1 fully saturated rings. The van der Waals surface area contributed by atoms with Gasteiger partial charge in [-0.3, -0.25) is 4.79 Å². The molecule has 6 heteroatoms. The number of rotatable bonds is 2. The summed E-state index contributed by atoms with van der Waals surface area (Å²) in [6, 6.07) is 3.69. The summed E-state index contributed by atoms with van der Waals surface area (Å²) in [5.74, 6) is 1.42. The summed E-state index contributed by atoms with van der Waals surface area (Å²) in [4.78, 5) is 19.8. The fourth-order valence-corrected chi connectivity index (χ4v) is 2.24. The lowest BCUT2D eigenvalue weighted by molar-refractivity contribution is -0.128. The highest BCUT2D eigenvalue weighted by molar-refractivity contribution is 5.73. The first-order valence-electron chi connectivity index (χ1n) is 6.43. The number of nitrogens with two attached hydrogens (primary N) is 1. The van der Waals surface area contributed by atoms with Crippen LogP contribution in [-0.2, 0) is 4.79 Å².